The van der Waals surface area contributed by atoms with E-state index in [0.29, 0.717) is 5.56 Å². The minimum absolute atomic E-state index is 0.116. The van der Waals surface area contributed by atoms with Crippen molar-refractivity contribution in [2.45, 2.75) is 19.2 Å². The Bertz CT molecular complexity index is 531. The summed E-state index contributed by atoms with van der Waals surface area (Å²) >= 11 is 5.48. The lowest BCUT2D eigenvalue weighted by molar-refractivity contribution is -0.385. The quantitative estimate of drug-likeness (QED) is 0.505. The number of benzene rings is 1. The molecule has 19 heavy (non-hydrogen) atoms. The van der Waals surface area contributed by atoms with E-state index in [9.17, 15) is 19.7 Å². The molecular formula is C11H12ClN3O4. The number of amides is 3. The van der Waals surface area contributed by atoms with Crippen LogP contribution in [0, 0.1) is 17.0 Å². The Morgan fingerprint density at radius 1 is 1.42 bits per heavy atom. The van der Waals surface area contributed by atoms with Gasteiger partial charge in [-0.3, -0.25) is 20.2 Å². The molecule has 8 heteroatoms. The average Bonchev–Trinajstić information content (AvgIpc) is 2.30. The fourth-order valence-electron chi connectivity index (χ4n) is 1.26. The number of hydrogen-bond donors (Lipinski definition) is 2. The van der Waals surface area contributed by atoms with E-state index in [1.54, 1.807) is 6.92 Å². The van der Waals surface area contributed by atoms with Gasteiger partial charge >= 0.3 is 6.03 Å². The Hall–Kier alpha value is -2.15. The van der Waals surface area contributed by atoms with E-state index in [4.69, 9.17) is 11.6 Å². The average molecular weight is 286 g/mol. The zero-order valence-electron chi connectivity index (χ0n) is 10.3. The van der Waals surface area contributed by atoms with Crippen LogP contribution in [0.5, 0.6) is 0 Å². The highest BCUT2D eigenvalue weighted by Crippen LogP contribution is 2.22. The first kappa shape index (κ1) is 14.9. The number of nitro groups is 1. The summed E-state index contributed by atoms with van der Waals surface area (Å²) < 4.78 is 0. The molecule has 1 atom stereocenters. The molecule has 0 aliphatic heterocycles. The fraction of sp³-hybridized carbons (Fsp3) is 0.273. The van der Waals surface area contributed by atoms with Crippen molar-refractivity contribution in [3.63, 3.8) is 0 Å². The minimum atomic E-state index is -0.849. The number of alkyl halides is 1. The summed E-state index contributed by atoms with van der Waals surface area (Å²) in [6.07, 6.45) is 0. The summed E-state index contributed by atoms with van der Waals surface area (Å²) in [5, 5.41) is 14.2. The first-order valence-corrected chi connectivity index (χ1v) is 5.76. The van der Waals surface area contributed by atoms with Gasteiger partial charge in [0.15, 0.2) is 0 Å². The van der Waals surface area contributed by atoms with Crippen LogP contribution in [0.2, 0.25) is 0 Å². The number of hydrogen-bond acceptors (Lipinski definition) is 4. The maximum Gasteiger partial charge on any atom is 0.325 e. The number of nitrogens with zero attached hydrogens (tertiary/aromatic N) is 1. The zero-order valence-corrected chi connectivity index (χ0v) is 11.0. The van der Waals surface area contributed by atoms with Gasteiger partial charge in [0.2, 0.25) is 5.91 Å². The van der Waals surface area contributed by atoms with Crippen LogP contribution in [0.15, 0.2) is 18.2 Å². The van der Waals surface area contributed by atoms with Crippen LogP contribution in [-0.4, -0.2) is 22.2 Å². The van der Waals surface area contributed by atoms with E-state index in [-0.39, 0.29) is 11.4 Å². The smallest absolute Gasteiger partial charge is 0.307 e. The van der Waals surface area contributed by atoms with Crippen molar-refractivity contribution >= 4 is 34.9 Å². The number of rotatable bonds is 3. The third-order valence-electron chi connectivity index (χ3n) is 2.26. The first-order chi connectivity index (χ1) is 8.81. The highest BCUT2D eigenvalue weighted by atomic mass is 35.5. The highest BCUT2D eigenvalue weighted by Gasteiger charge is 2.15. The molecule has 0 aliphatic rings. The van der Waals surface area contributed by atoms with Crippen molar-refractivity contribution in [3.05, 3.63) is 33.9 Å². The second-order valence-electron chi connectivity index (χ2n) is 3.82. The van der Waals surface area contributed by atoms with Crippen LogP contribution in [0.25, 0.3) is 0 Å². The number of imide groups is 1. The molecule has 1 rings (SSSR count). The van der Waals surface area contributed by atoms with Gasteiger partial charge in [0.25, 0.3) is 5.69 Å². The monoisotopic (exact) mass is 285 g/mol. The molecule has 1 unspecified atom stereocenters. The minimum Gasteiger partial charge on any atom is -0.307 e. The van der Waals surface area contributed by atoms with Crippen molar-refractivity contribution < 1.29 is 14.5 Å². The fourth-order valence-corrected chi connectivity index (χ4v) is 1.31. The standard InChI is InChI=1S/C11H12ClN3O4/c1-6-3-4-8(5-9(6)15(18)19)13-11(17)14-10(16)7(2)12/h3-5,7H,1-2H3,(H2,13,14,16,17). The number of carbonyl (C=O) groups is 2. The first-order valence-electron chi connectivity index (χ1n) is 5.32. The van der Waals surface area contributed by atoms with Gasteiger partial charge in [-0.15, -0.1) is 11.6 Å². The van der Waals surface area contributed by atoms with Crippen molar-refractivity contribution in [2.75, 3.05) is 5.32 Å². The van der Waals surface area contributed by atoms with Crippen LogP contribution < -0.4 is 10.6 Å². The molecule has 7 nitrogen and oxygen atoms in total. The molecule has 102 valence electrons. The Morgan fingerprint density at radius 3 is 2.58 bits per heavy atom. The predicted octanol–water partition coefficient (Wildman–Crippen LogP) is 2.18. The van der Waals surface area contributed by atoms with Crippen LogP contribution >= 0.6 is 11.6 Å². The van der Waals surface area contributed by atoms with Crippen LogP contribution in [0.1, 0.15) is 12.5 Å². The van der Waals surface area contributed by atoms with E-state index >= 15 is 0 Å². The summed E-state index contributed by atoms with van der Waals surface area (Å²) in [6.45, 7) is 3.00. The molecule has 0 fully saturated rings. The maximum atomic E-state index is 11.4. The molecule has 0 spiro atoms. The molecule has 0 aromatic heterocycles. The number of nitrogens with one attached hydrogen (secondary N) is 2. The molecule has 0 saturated carbocycles. The second-order valence-corrected chi connectivity index (χ2v) is 4.47. The summed E-state index contributed by atoms with van der Waals surface area (Å²) in [5.74, 6) is -0.652. The van der Waals surface area contributed by atoms with Crippen molar-refractivity contribution in [1.82, 2.24) is 5.32 Å². The number of nitro benzene ring substituents is 1. The van der Waals surface area contributed by atoms with E-state index in [1.165, 1.54) is 25.1 Å². The zero-order chi connectivity index (χ0) is 14.6. The molecular weight excluding hydrogens is 274 g/mol. The summed E-state index contributed by atoms with van der Waals surface area (Å²) in [4.78, 5) is 32.8. The van der Waals surface area contributed by atoms with Gasteiger partial charge in [0.05, 0.1) is 4.92 Å². The van der Waals surface area contributed by atoms with E-state index in [2.05, 4.69) is 5.32 Å². The maximum absolute atomic E-state index is 11.4. The molecule has 2 N–H and O–H groups in total. The number of urea groups is 1. The van der Waals surface area contributed by atoms with Gasteiger partial charge < -0.3 is 5.32 Å². The Morgan fingerprint density at radius 2 is 2.05 bits per heavy atom. The summed E-state index contributed by atoms with van der Waals surface area (Å²) in [7, 11) is 0. The van der Waals surface area contributed by atoms with Crippen LogP contribution in [0.3, 0.4) is 0 Å². The third-order valence-corrected chi connectivity index (χ3v) is 2.46. The van der Waals surface area contributed by atoms with Gasteiger partial charge in [0, 0.05) is 17.3 Å². The van der Waals surface area contributed by atoms with Crippen LogP contribution in [0.4, 0.5) is 16.2 Å². The highest BCUT2D eigenvalue weighted by molar-refractivity contribution is 6.31. The molecule has 1 aromatic rings. The lowest BCUT2D eigenvalue weighted by atomic mass is 10.2. The Balaban J connectivity index is 2.78. The van der Waals surface area contributed by atoms with Crippen LogP contribution in [-0.2, 0) is 4.79 Å². The lowest BCUT2D eigenvalue weighted by Gasteiger charge is -2.08. The van der Waals surface area contributed by atoms with Crippen molar-refractivity contribution in [1.29, 1.82) is 0 Å². The predicted molar refractivity (Wildman–Crippen MR) is 70.3 cm³/mol. The normalized spacial score (nSPS) is 11.5. The van der Waals surface area contributed by atoms with Crippen molar-refractivity contribution in [2.24, 2.45) is 0 Å². The van der Waals surface area contributed by atoms with Crippen molar-refractivity contribution in [3.8, 4) is 0 Å². The third kappa shape index (κ3) is 4.22. The Kier molecular flexibility index (Phi) is 4.82. The Labute approximate surface area is 114 Å². The molecule has 3 amide bonds. The second kappa shape index (κ2) is 6.14. The van der Waals surface area contributed by atoms with Gasteiger partial charge in [0.1, 0.15) is 5.38 Å². The molecule has 1 aromatic carbocycles. The van der Waals surface area contributed by atoms with E-state index in [1.807, 2.05) is 5.32 Å². The van der Waals surface area contributed by atoms with Gasteiger partial charge in [-0.25, -0.2) is 4.79 Å². The van der Waals surface area contributed by atoms with Gasteiger partial charge in [-0.1, -0.05) is 6.07 Å². The molecule has 0 radical (unpaired) electrons. The van der Waals surface area contributed by atoms with Gasteiger partial charge in [-0.05, 0) is 19.9 Å². The number of carbonyl (C=O) groups excluding carboxylic acids is 2. The molecule has 0 saturated heterocycles. The number of aryl methyl sites for hydroxylation is 1. The van der Waals surface area contributed by atoms with E-state index < -0.39 is 22.2 Å². The largest absolute Gasteiger partial charge is 0.325 e. The topological polar surface area (TPSA) is 101 Å². The number of anilines is 1. The molecule has 0 heterocycles. The molecule has 0 bridgehead atoms. The SMILES string of the molecule is Cc1ccc(NC(=O)NC(=O)C(C)Cl)cc1[N+](=O)[O-]. The van der Waals surface area contributed by atoms with Gasteiger partial charge in [-0.2, -0.15) is 0 Å². The van der Waals surface area contributed by atoms with E-state index in [0.717, 1.165) is 0 Å². The number of halogens is 1. The lowest BCUT2D eigenvalue weighted by Crippen LogP contribution is -2.38. The summed E-state index contributed by atoms with van der Waals surface area (Å²) in [6, 6.07) is 3.41. The molecule has 0 aliphatic carbocycles. The summed E-state index contributed by atoms with van der Waals surface area (Å²) in [5.41, 5.74) is 0.570.